The fourth-order valence-electron chi connectivity index (χ4n) is 2.89. The van der Waals surface area contributed by atoms with Crippen LogP contribution in [0, 0.1) is 0 Å². The Labute approximate surface area is 199 Å². The third kappa shape index (κ3) is 8.29. The quantitative estimate of drug-likeness (QED) is 0.289. The van der Waals surface area contributed by atoms with Crippen molar-refractivity contribution in [2.75, 3.05) is 36.7 Å². The van der Waals surface area contributed by atoms with Gasteiger partial charge in [-0.3, -0.25) is 4.79 Å². The molecule has 4 N–H and O–H groups in total. The molecule has 1 amide bonds. The van der Waals surface area contributed by atoms with Crippen LogP contribution in [-0.2, 0) is 9.53 Å². The lowest BCUT2D eigenvalue weighted by atomic mass is 9.98. The predicted octanol–water partition coefficient (Wildman–Crippen LogP) is 3.47. The van der Waals surface area contributed by atoms with Gasteiger partial charge in [-0.25, -0.2) is 4.79 Å². The number of amides is 1. The average Bonchev–Trinajstić information content (AvgIpc) is 2.79. The van der Waals surface area contributed by atoms with E-state index in [2.05, 4.69) is 23.3 Å². The number of carbonyl (C=O) groups excluding carboxylic acids is 2. The highest BCUT2D eigenvalue weighted by molar-refractivity contribution is 7.98. The van der Waals surface area contributed by atoms with Crippen LogP contribution in [0.5, 0.6) is 0 Å². The van der Waals surface area contributed by atoms with Gasteiger partial charge in [-0.1, -0.05) is 30.3 Å². The molecule has 0 saturated heterocycles. The van der Waals surface area contributed by atoms with Gasteiger partial charge in [0.15, 0.2) is 0 Å². The van der Waals surface area contributed by atoms with Crippen molar-refractivity contribution in [2.45, 2.75) is 18.5 Å². The molecule has 2 aromatic carbocycles. The summed E-state index contributed by atoms with van der Waals surface area (Å²) < 4.78 is 4.85. The molecule has 0 bridgehead atoms. The number of carbonyl (C=O) groups is 2. The van der Waals surface area contributed by atoms with Gasteiger partial charge in [0.1, 0.15) is 6.04 Å². The molecule has 0 aliphatic carbocycles. The molecule has 0 heterocycles. The Bertz CT molecular complexity index is 840. The lowest BCUT2D eigenvalue weighted by molar-refractivity contribution is -0.142. The Morgan fingerprint density at radius 3 is 2.52 bits per heavy atom. The van der Waals surface area contributed by atoms with Crippen LogP contribution in [0.15, 0.2) is 48.5 Å². The van der Waals surface area contributed by atoms with Gasteiger partial charge in [0.2, 0.25) is 0 Å². The topological polar surface area (TPSA) is 93.4 Å². The van der Waals surface area contributed by atoms with Gasteiger partial charge in [-0.15, -0.1) is 12.4 Å². The Morgan fingerprint density at radius 1 is 1.19 bits per heavy atom. The summed E-state index contributed by atoms with van der Waals surface area (Å²) >= 11 is 5.82. The molecule has 2 rings (SSSR count). The highest BCUT2D eigenvalue weighted by Crippen LogP contribution is 2.27. The smallest absolute Gasteiger partial charge is 0.328 e. The average molecular weight is 484 g/mol. The molecule has 170 valence electrons. The number of rotatable bonds is 11. The van der Waals surface area contributed by atoms with Crippen LogP contribution >= 0.6 is 36.8 Å². The molecule has 9 heteroatoms. The largest absolute Gasteiger partial charge is 0.467 e. The number of esters is 1. The minimum absolute atomic E-state index is 0. The van der Waals surface area contributed by atoms with E-state index in [9.17, 15) is 9.59 Å². The second-order valence-electron chi connectivity index (χ2n) is 6.78. The zero-order valence-corrected chi connectivity index (χ0v) is 20.2. The molecule has 0 unspecified atom stereocenters. The Kier molecular flexibility index (Phi) is 12.5. The molecule has 0 radical (unpaired) electrons. The number of ether oxygens (including phenoxy) is 1. The number of nitrogens with two attached hydrogens (primary N) is 1. The summed E-state index contributed by atoms with van der Waals surface area (Å²) in [6.07, 6.45) is 2.45. The number of nitrogens with one attached hydrogen (secondary N) is 2. The van der Waals surface area contributed by atoms with Crippen molar-refractivity contribution >= 4 is 54.4 Å². The first-order valence-corrected chi connectivity index (χ1v) is 11.7. The number of anilines is 1. The van der Waals surface area contributed by atoms with Crippen LogP contribution in [0.4, 0.5) is 5.69 Å². The molecule has 31 heavy (non-hydrogen) atoms. The second kappa shape index (κ2) is 14.2. The molecule has 0 spiro atoms. The van der Waals surface area contributed by atoms with E-state index < -0.39 is 12.0 Å². The van der Waals surface area contributed by atoms with Crippen LogP contribution in [-0.4, -0.2) is 55.4 Å². The SMILES string of the molecule is COC(=O)[C@H](CCSC)NC(=O)c1ccc(NC[C@@H](N)CS)cc1-c1ccccc1.Cl. The zero-order chi connectivity index (χ0) is 21.9. The third-order valence-corrected chi connectivity index (χ3v) is 5.67. The zero-order valence-electron chi connectivity index (χ0n) is 17.7. The molecule has 2 aromatic rings. The van der Waals surface area contributed by atoms with E-state index in [4.69, 9.17) is 10.5 Å². The molecule has 0 aliphatic rings. The number of thiol groups is 1. The lowest BCUT2D eigenvalue weighted by Crippen LogP contribution is -2.42. The van der Waals surface area contributed by atoms with Crippen LogP contribution in [0.25, 0.3) is 11.1 Å². The number of hydrogen-bond donors (Lipinski definition) is 4. The predicted molar refractivity (Wildman–Crippen MR) is 136 cm³/mol. The fraction of sp³-hybridized carbons (Fsp3) is 0.364. The monoisotopic (exact) mass is 483 g/mol. The number of benzene rings is 2. The molecule has 0 aliphatic heterocycles. The summed E-state index contributed by atoms with van der Waals surface area (Å²) in [5.41, 5.74) is 8.96. The van der Waals surface area contributed by atoms with Crippen molar-refractivity contribution in [1.82, 2.24) is 5.32 Å². The normalized spacial score (nSPS) is 12.3. The first kappa shape index (κ1) is 27.2. The molecular weight excluding hydrogens is 454 g/mol. The molecule has 6 nitrogen and oxygen atoms in total. The van der Waals surface area contributed by atoms with Crippen molar-refractivity contribution in [3.63, 3.8) is 0 Å². The maximum Gasteiger partial charge on any atom is 0.328 e. The lowest BCUT2D eigenvalue weighted by Gasteiger charge is -2.19. The van der Waals surface area contributed by atoms with Crippen molar-refractivity contribution < 1.29 is 14.3 Å². The van der Waals surface area contributed by atoms with E-state index in [0.29, 0.717) is 24.3 Å². The van der Waals surface area contributed by atoms with Gasteiger partial charge in [0.05, 0.1) is 7.11 Å². The van der Waals surface area contributed by atoms with E-state index >= 15 is 0 Å². The van der Waals surface area contributed by atoms with E-state index in [0.717, 1.165) is 22.6 Å². The van der Waals surface area contributed by atoms with Gasteiger partial charge in [0, 0.05) is 29.6 Å². The van der Waals surface area contributed by atoms with Gasteiger partial charge < -0.3 is 21.1 Å². The van der Waals surface area contributed by atoms with Gasteiger partial charge in [-0.2, -0.15) is 24.4 Å². The van der Waals surface area contributed by atoms with Crippen LogP contribution in [0.2, 0.25) is 0 Å². The van der Waals surface area contributed by atoms with Crippen LogP contribution in [0.1, 0.15) is 16.8 Å². The van der Waals surface area contributed by atoms with Crippen LogP contribution < -0.4 is 16.4 Å². The van der Waals surface area contributed by atoms with E-state index in [1.807, 2.05) is 48.7 Å². The first-order valence-electron chi connectivity index (χ1n) is 9.67. The number of hydrogen-bond acceptors (Lipinski definition) is 7. The summed E-state index contributed by atoms with van der Waals surface area (Å²) in [6.45, 7) is 0.572. The van der Waals surface area contributed by atoms with Gasteiger partial charge in [0.25, 0.3) is 5.91 Å². The minimum Gasteiger partial charge on any atom is -0.467 e. The maximum atomic E-state index is 13.1. The number of halogens is 1. The standard InChI is InChI=1S/C22H29N3O3S2.ClH/c1-28-22(27)20(10-11-30-2)25-21(26)18-9-8-17(24-13-16(23)14-29)12-19(18)15-6-4-3-5-7-15;/h3-9,12,16,20,24,29H,10-11,13-14,23H2,1-2H3,(H,25,26);1H/t16-,20+;/m1./s1. The van der Waals surface area contributed by atoms with E-state index in [1.54, 1.807) is 17.8 Å². The molecule has 0 saturated carbocycles. The van der Waals surface area contributed by atoms with E-state index in [1.165, 1.54) is 7.11 Å². The highest BCUT2D eigenvalue weighted by atomic mass is 35.5. The Balaban J connectivity index is 0.00000480. The summed E-state index contributed by atoms with van der Waals surface area (Å²) in [5, 5.41) is 6.12. The van der Waals surface area contributed by atoms with Gasteiger partial charge in [-0.05, 0) is 47.8 Å². The first-order chi connectivity index (χ1) is 14.5. The Hall–Kier alpha value is -1.87. The highest BCUT2D eigenvalue weighted by Gasteiger charge is 2.23. The molecule has 2 atom stereocenters. The van der Waals surface area contributed by atoms with Crippen molar-refractivity contribution in [1.29, 1.82) is 0 Å². The molecule has 0 fully saturated rings. The fourth-order valence-corrected chi connectivity index (χ4v) is 3.49. The van der Waals surface area contributed by atoms with Crippen molar-refractivity contribution in [2.24, 2.45) is 5.73 Å². The molecule has 0 aromatic heterocycles. The Morgan fingerprint density at radius 2 is 1.90 bits per heavy atom. The summed E-state index contributed by atoms with van der Waals surface area (Å²) in [6, 6.07) is 14.4. The maximum absolute atomic E-state index is 13.1. The van der Waals surface area contributed by atoms with Crippen molar-refractivity contribution in [3.8, 4) is 11.1 Å². The van der Waals surface area contributed by atoms with Crippen LogP contribution in [0.3, 0.4) is 0 Å². The summed E-state index contributed by atoms with van der Waals surface area (Å²) in [5.74, 6) is 0.547. The molecular formula is C22H30ClN3O3S2. The number of thioether (sulfide) groups is 1. The van der Waals surface area contributed by atoms with Crippen molar-refractivity contribution in [3.05, 3.63) is 54.1 Å². The van der Waals surface area contributed by atoms with E-state index in [-0.39, 0.29) is 24.4 Å². The summed E-state index contributed by atoms with van der Waals surface area (Å²) in [4.78, 5) is 25.2. The summed E-state index contributed by atoms with van der Waals surface area (Å²) in [7, 11) is 1.33. The second-order valence-corrected chi connectivity index (χ2v) is 8.13. The minimum atomic E-state index is -0.690. The van der Waals surface area contributed by atoms with Gasteiger partial charge >= 0.3 is 5.97 Å². The number of methoxy groups -OCH3 is 1. The third-order valence-electron chi connectivity index (χ3n) is 4.55.